The van der Waals surface area contributed by atoms with Crippen LogP contribution in [0.15, 0.2) is 42.5 Å². The van der Waals surface area contributed by atoms with E-state index in [1.165, 1.54) is 5.56 Å². The lowest BCUT2D eigenvalue weighted by molar-refractivity contribution is 0.112. The standard InChI is InChI=1S/C16H15ClO3/c1-12-2-5-14(6-3-12)19-8-9-20-16-7-4-13(11-18)10-15(16)17/h2-7,10-11H,8-9H2,1H3. The molecule has 20 heavy (non-hydrogen) atoms. The Morgan fingerprint density at radius 1 is 1.05 bits per heavy atom. The highest BCUT2D eigenvalue weighted by molar-refractivity contribution is 6.32. The summed E-state index contributed by atoms with van der Waals surface area (Å²) >= 11 is 6.00. The van der Waals surface area contributed by atoms with Gasteiger partial charge in [-0.25, -0.2) is 0 Å². The number of aryl methyl sites for hydroxylation is 1. The fourth-order valence-electron chi connectivity index (χ4n) is 1.65. The topological polar surface area (TPSA) is 35.5 Å². The minimum atomic E-state index is 0.383. The zero-order valence-corrected chi connectivity index (χ0v) is 11.9. The van der Waals surface area contributed by atoms with Crippen molar-refractivity contribution in [2.45, 2.75) is 6.92 Å². The minimum absolute atomic E-state index is 0.383. The summed E-state index contributed by atoms with van der Waals surface area (Å²) in [5.74, 6) is 1.35. The van der Waals surface area contributed by atoms with Crippen molar-refractivity contribution in [1.82, 2.24) is 0 Å². The van der Waals surface area contributed by atoms with Crippen molar-refractivity contribution in [3.8, 4) is 11.5 Å². The summed E-state index contributed by atoms with van der Waals surface area (Å²) in [6.07, 6.45) is 0.746. The summed E-state index contributed by atoms with van der Waals surface area (Å²) in [6.45, 7) is 2.83. The molecule has 0 saturated carbocycles. The first kappa shape index (κ1) is 14.4. The van der Waals surface area contributed by atoms with Gasteiger partial charge in [0.25, 0.3) is 0 Å². The summed E-state index contributed by atoms with van der Waals surface area (Å²) in [6, 6.07) is 12.7. The summed E-state index contributed by atoms with van der Waals surface area (Å²) < 4.78 is 11.1. The molecule has 0 N–H and O–H groups in total. The maximum Gasteiger partial charge on any atom is 0.150 e. The van der Waals surface area contributed by atoms with Crippen LogP contribution in [0.2, 0.25) is 5.02 Å². The van der Waals surface area contributed by atoms with Crippen LogP contribution in [0.1, 0.15) is 15.9 Å². The van der Waals surface area contributed by atoms with Gasteiger partial charge in [-0.15, -0.1) is 0 Å². The Kier molecular flexibility index (Phi) is 5.02. The van der Waals surface area contributed by atoms with E-state index in [-0.39, 0.29) is 0 Å². The molecule has 0 amide bonds. The molecule has 0 aliphatic heterocycles. The van der Waals surface area contributed by atoms with Crippen LogP contribution in [-0.4, -0.2) is 19.5 Å². The maximum absolute atomic E-state index is 10.6. The lowest BCUT2D eigenvalue weighted by Gasteiger charge is -2.10. The van der Waals surface area contributed by atoms with Crippen LogP contribution >= 0.6 is 11.6 Å². The molecule has 0 atom stereocenters. The number of carbonyl (C=O) groups excluding carboxylic acids is 1. The lowest BCUT2D eigenvalue weighted by Crippen LogP contribution is -2.09. The largest absolute Gasteiger partial charge is 0.490 e. The fourth-order valence-corrected chi connectivity index (χ4v) is 1.90. The molecule has 0 radical (unpaired) electrons. The van der Waals surface area contributed by atoms with Crippen LogP contribution in [-0.2, 0) is 0 Å². The monoisotopic (exact) mass is 290 g/mol. The van der Waals surface area contributed by atoms with Crippen LogP contribution in [0.5, 0.6) is 11.5 Å². The van der Waals surface area contributed by atoms with Gasteiger partial charge in [-0.2, -0.15) is 0 Å². The Bertz CT molecular complexity index is 579. The fraction of sp³-hybridized carbons (Fsp3) is 0.188. The Morgan fingerprint density at radius 3 is 2.40 bits per heavy atom. The molecule has 2 aromatic rings. The van der Waals surface area contributed by atoms with Gasteiger partial charge in [0.05, 0.1) is 5.02 Å². The molecular weight excluding hydrogens is 276 g/mol. The molecule has 0 unspecified atom stereocenters. The number of ether oxygens (including phenoxy) is 2. The van der Waals surface area contributed by atoms with Gasteiger partial charge in [-0.3, -0.25) is 4.79 Å². The SMILES string of the molecule is Cc1ccc(OCCOc2ccc(C=O)cc2Cl)cc1. The van der Waals surface area contributed by atoms with E-state index in [9.17, 15) is 4.79 Å². The molecule has 0 spiro atoms. The van der Waals surface area contributed by atoms with Gasteiger partial charge in [-0.1, -0.05) is 29.3 Å². The van der Waals surface area contributed by atoms with Crippen molar-refractivity contribution in [3.05, 3.63) is 58.6 Å². The highest BCUT2D eigenvalue weighted by Crippen LogP contribution is 2.24. The van der Waals surface area contributed by atoms with Gasteiger partial charge in [0, 0.05) is 5.56 Å². The molecule has 2 aromatic carbocycles. The molecule has 0 aliphatic carbocycles. The highest BCUT2D eigenvalue weighted by atomic mass is 35.5. The molecule has 0 aliphatic rings. The molecule has 104 valence electrons. The van der Waals surface area contributed by atoms with E-state index in [2.05, 4.69) is 0 Å². The quantitative estimate of drug-likeness (QED) is 0.597. The average molecular weight is 291 g/mol. The predicted molar refractivity (Wildman–Crippen MR) is 79.0 cm³/mol. The van der Waals surface area contributed by atoms with Gasteiger partial charge in [-0.05, 0) is 37.3 Å². The van der Waals surface area contributed by atoms with E-state index in [0.29, 0.717) is 29.5 Å². The summed E-state index contributed by atoms with van der Waals surface area (Å²) in [5, 5.41) is 0.421. The van der Waals surface area contributed by atoms with Crippen LogP contribution in [0.25, 0.3) is 0 Å². The van der Waals surface area contributed by atoms with E-state index in [1.54, 1.807) is 18.2 Å². The Hall–Kier alpha value is -2.00. The van der Waals surface area contributed by atoms with E-state index in [0.717, 1.165) is 12.0 Å². The number of rotatable bonds is 6. The van der Waals surface area contributed by atoms with E-state index in [1.807, 2.05) is 31.2 Å². The number of hydrogen-bond acceptors (Lipinski definition) is 3. The van der Waals surface area contributed by atoms with Crippen LogP contribution in [0.3, 0.4) is 0 Å². The normalized spacial score (nSPS) is 10.1. The molecule has 0 bridgehead atoms. The van der Waals surface area contributed by atoms with E-state index >= 15 is 0 Å². The van der Waals surface area contributed by atoms with Crippen molar-refractivity contribution < 1.29 is 14.3 Å². The van der Waals surface area contributed by atoms with Gasteiger partial charge in [0.15, 0.2) is 0 Å². The summed E-state index contributed by atoms with van der Waals surface area (Å²) in [5.41, 5.74) is 1.72. The van der Waals surface area contributed by atoms with Crippen molar-refractivity contribution >= 4 is 17.9 Å². The second-order valence-electron chi connectivity index (χ2n) is 4.32. The molecule has 0 saturated heterocycles. The minimum Gasteiger partial charge on any atom is -0.490 e. The molecular formula is C16H15ClO3. The first-order valence-electron chi connectivity index (χ1n) is 6.26. The third kappa shape index (κ3) is 4.00. The first-order chi connectivity index (χ1) is 9.69. The summed E-state index contributed by atoms with van der Waals surface area (Å²) in [4.78, 5) is 10.6. The second-order valence-corrected chi connectivity index (χ2v) is 4.72. The molecule has 0 heterocycles. The maximum atomic E-state index is 10.6. The molecule has 2 rings (SSSR count). The first-order valence-corrected chi connectivity index (χ1v) is 6.64. The number of aldehydes is 1. The Balaban J connectivity index is 1.81. The zero-order valence-electron chi connectivity index (χ0n) is 11.1. The Morgan fingerprint density at radius 2 is 1.75 bits per heavy atom. The average Bonchev–Trinajstić information content (AvgIpc) is 2.46. The van der Waals surface area contributed by atoms with E-state index < -0.39 is 0 Å². The van der Waals surface area contributed by atoms with Gasteiger partial charge in [0.2, 0.25) is 0 Å². The van der Waals surface area contributed by atoms with E-state index in [4.69, 9.17) is 21.1 Å². The van der Waals surface area contributed by atoms with Crippen molar-refractivity contribution in [2.24, 2.45) is 0 Å². The number of hydrogen-bond donors (Lipinski definition) is 0. The van der Waals surface area contributed by atoms with Crippen LogP contribution in [0, 0.1) is 6.92 Å². The zero-order chi connectivity index (χ0) is 14.4. The van der Waals surface area contributed by atoms with Crippen LogP contribution < -0.4 is 9.47 Å². The number of halogens is 1. The smallest absolute Gasteiger partial charge is 0.150 e. The third-order valence-corrected chi connectivity index (χ3v) is 3.02. The Labute approximate surface area is 123 Å². The lowest BCUT2D eigenvalue weighted by atomic mass is 10.2. The van der Waals surface area contributed by atoms with Crippen LogP contribution in [0.4, 0.5) is 0 Å². The molecule has 0 fully saturated rings. The van der Waals surface area contributed by atoms with Gasteiger partial charge in [0.1, 0.15) is 31.0 Å². The third-order valence-electron chi connectivity index (χ3n) is 2.72. The van der Waals surface area contributed by atoms with Gasteiger partial charge >= 0.3 is 0 Å². The molecule has 3 nitrogen and oxygen atoms in total. The highest BCUT2D eigenvalue weighted by Gasteiger charge is 2.03. The predicted octanol–water partition coefficient (Wildman–Crippen LogP) is 3.92. The van der Waals surface area contributed by atoms with Crippen molar-refractivity contribution in [3.63, 3.8) is 0 Å². The van der Waals surface area contributed by atoms with Gasteiger partial charge < -0.3 is 9.47 Å². The summed E-state index contributed by atoms with van der Waals surface area (Å²) in [7, 11) is 0. The molecule has 0 aromatic heterocycles. The van der Waals surface area contributed by atoms with Crippen molar-refractivity contribution in [2.75, 3.05) is 13.2 Å². The number of benzene rings is 2. The van der Waals surface area contributed by atoms with Crippen molar-refractivity contribution in [1.29, 1.82) is 0 Å². The molecule has 4 heteroatoms. The number of carbonyl (C=O) groups is 1. The second kappa shape index (κ2) is 6.96.